The highest BCUT2D eigenvalue weighted by Crippen LogP contribution is 2.50. The van der Waals surface area contributed by atoms with E-state index in [0.717, 1.165) is 12.8 Å². The molecule has 1 aliphatic heterocycles. The summed E-state index contributed by atoms with van der Waals surface area (Å²) in [6.45, 7) is 5.13. The van der Waals surface area contributed by atoms with E-state index in [-0.39, 0.29) is 23.9 Å². The molecule has 1 aliphatic carbocycles. The van der Waals surface area contributed by atoms with Crippen molar-refractivity contribution in [3.05, 3.63) is 35.6 Å². The number of hydrogen-bond donors (Lipinski definition) is 0. The van der Waals surface area contributed by atoms with Crippen molar-refractivity contribution < 1.29 is 13.9 Å². The van der Waals surface area contributed by atoms with Crippen LogP contribution in [-0.2, 0) is 14.9 Å². The number of halogens is 1. The van der Waals surface area contributed by atoms with Crippen molar-refractivity contribution in [2.45, 2.75) is 44.3 Å². The predicted molar refractivity (Wildman–Crippen MR) is 73.9 cm³/mol. The van der Waals surface area contributed by atoms with Gasteiger partial charge in [-0.2, -0.15) is 0 Å². The van der Waals surface area contributed by atoms with E-state index >= 15 is 0 Å². The van der Waals surface area contributed by atoms with E-state index in [0.29, 0.717) is 18.7 Å². The molecular weight excluding hydrogens is 257 g/mol. The first-order chi connectivity index (χ1) is 9.53. The van der Waals surface area contributed by atoms with Crippen LogP contribution in [0.2, 0.25) is 0 Å². The zero-order valence-electron chi connectivity index (χ0n) is 11.9. The van der Waals surface area contributed by atoms with Gasteiger partial charge in [0.1, 0.15) is 5.82 Å². The van der Waals surface area contributed by atoms with Gasteiger partial charge < -0.3 is 9.64 Å². The van der Waals surface area contributed by atoms with Crippen LogP contribution in [0.15, 0.2) is 24.3 Å². The molecule has 4 heteroatoms. The minimum atomic E-state index is -0.623. The number of morpholine rings is 1. The van der Waals surface area contributed by atoms with Crippen LogP contribution in [0.25, 0.3) is 0 Å². The van der Waals surface area contributed by atoms with Gasteiger partial charge in [-0.1, -0.05) is 18.2 Å². The SMILES string of the molecule is CC1CN(C(=O)C2(c3ccccc3F)CC2)CC(C)O1. The fraction of sp³-hybridized carbons (Fsp3) is 0.562. The molecule has 2 aliphatic rings. The minimum absolute atomic E-state index is 0.0409. The molecule has 0 N–H and O–H groups in total. The van der Waals surface area contributed by atoms with Crippen molar-refractivity contribution in [1.82, 2.24) is 4.90 Å². The van der Waals surface area contributed by atoms with Crippen LogP contribution >= 0.6 is 0 Å². The Hall–Kier alpha value is -1.42. The van der Waals surface area contributed by atoms with Gasteiger partial charge in [0.25, 0.3) is 0 Å². The summed E-state index contributed by atoms with van der Waals surface area (Å²) in [5.41, 5.74) is -0.0703. The predicted octanol–water partition coefficient (Wildman–Crippen LogP) is 2.49. The Balaban J connectivity index is 1.85. The Morgan fingerprint density at radius 2 is 1.85 bits per heavy atom. The second kappa shape index (κ2) is 4.85. The molecule has 2 fully saturated rings. The second-order valence-corrected chi connectivity index (χ2v) is 6.03. The monoisotopic (exact) mass is 277 g/mol. The third kappa shape index (κ3) is 2.22. The molecule has 1 saturated heterocycles. The largest absolute Gasteiger partial charge is 0.372 e. The number of nitrogens with zero attached hydrogens (tertiary/aromatic N) is 1. The molecule has 2 unspecified atom stereocenters. The van der Waals surface area contributed by atoms with Gasteiger partial charge >= 0.3 is 0 Å². The molecule has 2 atom stereocenters. The van der Waals surface area contributed by atoms with Gasteiger partial charge in [-0.15, -0.1) is 0 Å². The maximum absolute atomic E-state index is 14.0. The van der Waals surface area contributed by atoms with Crippen LogP contribution in [-0.4, -0.2) is 36.1 Å². The zero-order chi connectivity index (χ0) is 14.3. The molecule has 1 heterocycles. The molecule has 0 aromatic heterocycles. The Morgan fingerprint density at radius 1 is 1.25 bits per heavy atom. The van der Waals surface area contributed by atoms with Crippen LogP contribution in [0, 0.1) is 5.82 Å². The summed E-state index contributed by atoms with van der Waals surface area (Å²) in [4.78, 5) is 14.7. The van der Waals surface area contributed by atoms with Gasteiger partial charge in [-0.3, -0.25) is 4.79 Å². The minimum Gasteiger partial charge on any atom is -0.372 e. The molecule has 1 aromatic carbocycles. The molecule has 0 spiro atoms. The van der Waals surface area contributed by atoms with Crippen LogP contribution in [0.5, 0.6) is 0 Å². The summed E-state index contributed by atoms with van der Waals surface area (Å²) in [6, 6.07) is 6.65. The molecule has 1 amide bonds. The van der Waals surface area contributed by atoms with Crippen molar-refractivity contribution in [1.29, 1.82) is 0 Å². The molecule has 108 valence electrons. The van der Waals surface area contributed by atoms with Gasteiger partial charge in [0, 0.05) is 18.7 Å². The average molecular weight is 277 g/mol. The molecule has 3 rings (SSSR count). The summed E-state index contributed by atoms with van der Waals surface area (Å²) in [5.74, 6) is -0.211. The maximum Gasteiger partial charge on any atom is 0.233 e. The lowest BCUT2D eigenvalue weighted by molar-refractivity contribution is -0.146. The van der Waals surface area contributed by atoms with Gasteiger partial charge in [0.05, 0.1) is 17.6 Å². The van der Waals surface area contributed by atoms with E-state index < -0.39 is 5.41 Å². The highest BCUT2D eigenvalue weighted by Gasteiger charge is 2.54. The molecule has 3 nitrogen and oxygen atoms in total. The van der Waals surface area contributed by atoms with Gasteiger partial charge in [-0.05, 0) is 32.8 Å². The number of rotatable bonds is 2. The van der Waals surface area contributed by atoms with Crippen LogP contribution < -0.4 is 0 Å². The van der Waals surface area contributed by atoms with E-state index in [1.165, 1.54) is 6.07 Å². The summed E-state index contributed by atoms with van der Waals surface area (Å²) in [7, 11) is 0. The molecule has 20 heavy (non-hydrogen) atoms. The van der Waals surface area contributed by atoms with Gasteiger partial charge in [0.15, 0.2) is 0 Å². The highest BCUT2D eigenvalue weighted by atomic mass is 19.1. The second-order valence-electron chi connectivity index (χ2n) is 6.03. The van der Waals surface area contributed by atoms with E-state index in [4.69, 9.17) is 4.74 Å². The fourth-order valence-corrected chi connectivity index (χ4v) is 3.22. The third-order valence-electron chi connectivity index (χ3n) is 4.26. The number of amides is 1. The first-order valence-electron chi connectivity index (χ1n) is 7.23. The smallest absolute Gasteiger partial charge is 0.233 e. The topological polar surface area (TPSA) is 29.5 Å². The van der Waals surface area contributed by atoms with Crippen LogP contribution in [0.3, 0.4) is 0 Å². The first kappa shape index (κ1) is 13.6. The molecule has 0 bridgehead atoms. The summed E-state index contributed by atoms with van der Waals surface area (Å²) < 4.78 is 19.7. The van der Waals surface area contributed by atoms with Crippen LogP contribution in [0.1, 0.15) is 32.3 Å². The first-order valence-corrected chi connectivity index (χ1v) is 7.23. The Kier molecular flexibility index (Phi) is 3.28. The molecular formula is C16H20FNO2. The van der Waals surface area contributed by atoms with Crippen LogP contribution in [0.4, 0.5) is 4.39 Å². The lowest BCUT2D eigenvalue weighted by atomic mass is 9.93. The van der Waals surface area contributed by atoms with E-state index in [2.05, 4.69) is 0 Å². The summed E-state index contributed by atoms with van der Waals surface area (Å²) >= 11 is 0. The number of hydrogen-bond acceptors (Lipinski definition) is 2. The highest BCUT2D eigenvalue weighted by molar-refractivity contribution is 5.91. The number of carbonyl (C=O) groups is 1. The molecule has 0 radical (unpaired) electrons. The zero-order valence-corrected chi connectivity index (χ0v) is 11.9. The quantitative estimate of drug-likeness (QED) is 0.831. The number of benzene rings is 1. The standard InChI is InChI=1S/C16H20FNO2/c1-11-9-18(10-12(2)20-11)15(19)16(7-8-16)13-5-3-4-6-14(13)17/h3-6,11-12H,7-10H2,1-2H3. The van der Waals surface area contributed by atoms with Gasteiger partial charge in [0.2, 0.25) is 5.91 Å². The van der Waals surface area contributed by atoms with Crippen molar-refractivity contribution in [2.24, 2.45) is 0 Å². The van der Waals surface area contributed by atoms with Crippen molar-refractivity contribution in [3.8, 4) is 0 Å². The lowest BCUT2D eigenvalue weighted by Crippen LogP contribution is -2.51. The Bertz CT molecular complexity index is 517. The number of ether oxygens (including phenoxy) is 1. The fourth-order valence-electron chi connectivity index (χ4n) is 3.22. The lowest BCUT2D eigenvalue weighted by Gasteiger charge is -2.37. The normalized spacial score (nSPS) is 28.2. The van der Waals surface area contributed by atoms with Crippen molar-refractivity contribution in [2.75, 3.05) is 13.1 Å². The average Bonchev–Trinajstić information content (AvgIpc) is 3.18. The molecule has 1 aromatic rings. The Labute approximate surface area is 118 Å². The maximum atomic E-state index is 14.0. The van der Waals surface area contributed by atoms with Crippen molar-refractivity contribution in [3.63, 3.8) is 0 Å². The van der Waals surface area contributed by atoms with E-state index in [1.807, 2.05) is 18.7 Å². The van der Waals surface area contributed by atoms with E-state index in [1.54, 1.807) is 18.2 Å². The summed E-state index contributed by atoms with van der Waals surface area (Å²) in [6.07, 6.45) is 1.57. The number of carbonyl (C=O) groups excluding carboxylic acids is 1. The summed E-state index contributed by atoms with van der Waals surface area (Å²) in [5, 5.41) is 0. The van der Waals surface area contributed by atoms with Gasteiger partial charge in [-0.25, -0.2) is 4.39 Å². The van der Waals surface area contributed by atoms with E-state index in [9.17, 15) is 9.18 Å². The third-order valence-corrected chi connectivity index (χ3v) is 4.26. The van der Waals surface area contributed by atoms with Crippen molar-refractivity contribution >= 4 is 5.91 Å². The molecule has 1 saturated carbocycles. The Morgan fingerprint density at radius 3 is 2.40 bits per heavy atom.